The summed E-state index contributed by atoms with van der Waals surface area (Å²) in [4.78, 5) is 15.2. The lowest BCUT2D eigenvalue weighted by molar-refractivity contribution is -0.143. The number of hydrogen-bond acceptors (Lipinski definition) is 5. The number of carboxylic acid groups (broad SMARTS) is 1. The van der Waals surface area contributed by atoms with E-state index in [1.807, 2.05) is 0 Å². The van der Waals surface area contributed by atoms with E-state index in [0.717, 1.165) is 5.56 Å². The molecule has 1 aromatic rings. The maximum Gasteiger partial charge on any atom is 0.451 e. The molecule has 112 valence electrons. The number of rotatable bonds is 8. The van der Waals surface area contributed by atoms with Crippen molar-refractivity contribution in [3.8, 4) is 0 Å². The van der Waals surface area contributed by atoms with E-state index in [1.54, 1.807) is 24.5 Å². The number of carboxylic acids is 1. The van der Waals surface area contributed by atoms with Crippen LogP contribution >= 0.6 is 0 Å². The van der Waals surface area contributed by atoms with Gasteiger partial charge in [0, 0.05) is 18.8 Å². The Balaban J connectivity index is 0.00000361. The van der Waals surface area contributed by atoms with E-state index in [4.69, 9.17) is 15.8 Å². The first kappa shape index (κ1) is 18.6. The highest BCUT2D eigenvalue weighted by Crippen LogP contribution is 2.19. The second-order valence-corrected chi connectivity index (χ2v) is 4.73. The van der Waals surface area contributed by atoms with Crippen molar-refractivity contribution in [2.45, 2.75) is 45.0 Å². The Labute approximate surface area is 119 Å². The number of pyridine rings is 1. The highest BCUT2D eigenvalue weighted by molar-refractivity contribution is 6.40. The summed E-state index contributed by atoms with van der Waals surface area (Å²) < 4.78 is 0. The number of aromatic nitrogens is 1. The van der Waals surface area contributed by atoms with Gasteiger partial charge in [-0.2, -0.15) is 0 Å². The topological polar surface area (TPSA) is 117 Å². The van der Waals surface area contributed by atoms with Crippen LogP contribution in [0.15, 0.2) is 24.5 Å². The van der Waals surface area contributed by atoms with Crippen LogP contribution in [0.3, 0.4) is 0 Å². The lowest BCUT2D eigenvalue weighted by Crippen LogP contribution is -2.49. The van der Waals surface area contributed by atoms with Crippen LogP contribution in [0, 0.1) is 0 Å². The van der Waals surface area contributed by atoms with Crippen molar-refractivity contribution >= 4 is 13.1 Å². The number of aliphatic carboxylic acids is 1. The van der Waals surface area contributed by atoms with Crippen LogP contribution in [-0.4, -0.2) is 38.8 Å². The predicted octanol–water partition coefficient (Wildman–Crippen LogP) is 0.685. The first-order valence-corrected chi connectivity index (χ1v) is 6.21. The fourth-order valence-electron chi connectivity index (χ4n) is 1.91. The summed E-state index contributed by atoms with van der Waals surface area (Å²) in [5, 5.41) is 26.7. The van der Waals surface area contributed by atoms with Crippen LogP contribution in [-0.2, 0) is 11.2 Å². The molecule has 0 fully saturated rings. The van der Waals surface area contributed by atoms with Gasteiger partial charge in [-0.3, -0.25) is 9.78 Å². The zero-order chi connectivity index (χ0) is 14.3. The average Bonchev–Trinajstić information content (AvgIpc) is 2.35. The van der Waals surface area contributed by atoms with Gasteiger partial charge < -0.3 is 20.9 Å². The molecule has 0 radical (unpaired) electrons. The van der Waals surface area contributed by atoms with Gasteiger partial charge in [-0.15, -0.1) is 0 Å². The van der Waals surface area contributed by atoms with Crippen LogP contribution in [0.25, 0.3) is 0 Å². The molecule has 1 atom stereocenters. The van der Waals surface area contributed by atoms with Gasteiger partial charge in [0.15, 0.2) is 0 Å². The van der Waals surface area contributed by atoms with Crippen molar-refractivity contribution in [2.75, 3.05) is 0 Å². The SMILES string of the molecule is C.NC(CCCCB(O)O)(Cc1cccnc1)C(=O)O. The van der Waals surface area contributed by atoms with Gasteiger partial charge in [-0.25, -0.2) is 0 Å². The Morgan fingerprint density at radius 2 is 2.10 bits per heavy atom. The Bertz CT molecular complexity index is 403. The van der Waals surface area contributed by atoms with E-state index < -0.39 is 18.6 Å². The van der Waals surface area contributed by atoms with Gasteiger partial charge in [0.25, 0.3) is 0 Å². The van der Waals surface area contributed by atoms with E-state index in [0.29, 0.717) is 12.8 Å². The fraction of sp³-hybridized carbons (Fsp3) is 0.538. The number of nitrogens with two attached hydrogens (primary N) is 1. The molecule has 0 bridgehead atoms. The van der Waals surface area contributed by atoms with E-state index in [-0.39, 0.29) is 26.6 Å². The summed E-state index contributed by atoms with van der Waals surface area (Å²) in [6.45, 7) is 0. The van der Waals surface area contributed by atoms with Crippen molar-refractivity contribution in [3.05, 3.63) is 30.1 Å². The minimum Gasteiger partial charge on any atom is -0.480 e. The third-order valence-corrected chi connectivity index (χ3v) is 3.00. The van der Waals surface area contributed by atoms with Gasteiger partial charge in [-0.05, 0) is 24.4 Å². The second-order valence-electron chi connectivity index (χ2n) is 4.73. The average molecular weight is 282 g/mol. The summed E-state index contributed by atoms with van der Waals surface area (Å²) in [7, 11) is -1.35. The molecule has 0 saturated carbocycles. The number of unbranched alkanes of at least 4 members (excludes halogenated alkanes) is 1. The quantitative estimate of drug-likeness (QED) is 0.411. The predicted molar refractivity (Wildman–Crippen MR) is 78.1 cm³/mol. The lowest BCUT2D eigenvalue weighted by atomic mass is 9.81. The Morgan fingerprint density at radius 3 is 2.60 bits per heavy atom. The summed E-state index contributed by atoms with van der Waals surface area (Å²) in [6.07, 6.45) is 4.98. The molecule has 0 aliphatic rings. The summed E-state index contributed by atoms with van der Waals surface area (Å²) in [6, 6.07) is 3.52. The molecule has 6 nitrogen and oxygen atoms in total. The molecule has 1 rings (SSSR count). The molecular formula is C13H23BN2O4. The van der Waals surface area contributed by atoms with Crippen molar-refractivity contribution in [3.63, 3.8) is 0 Å². The molecule has 1 aromatic heterocycles. The van der Waals surface area contributed by atoms with Crippen LogP contribution in [0.1, 0.15) is 32.3 Å². The molecule has 1 heterocycles. The van der Waals surface area contributed by atoms with Crippen molar-refractivity contribution in [1.82, 2.24) is 4.98 Å². The van der Waals surface area contributed by atoms with Gasteiger partial charge >= 0.3 is 13.1 Å². The molecule has 20 heavy (non-hydrogen) atoms. The first-order chi connectivity index (χ1) is 8.94. The summed E-state index contributed by atoms with van der Waals surface area (Å²) >= 11 is 0. The first-order valence-electron chi connectivity index (χ1n) is 6.21. The van der Waals surface area contributed by atoms with Crippen molar-refractivity contribution < 1.29 is 19.9 Å². The van der Waals surface area contributed by atoms with Crippen LogP contribution < -0.4 is 5.73 Å². The van der Waals surface area contributed by atoms with Crippen LogP contribution in [0.4, 0.5) is 0 Å². The van der Waals surface area contributed by atoms with Crippen molar-refractivity contribution in [1.29, 1.82) is 0 Å². The van der Waals surface area contributed by atoms with Gasteiger partial charge in [0.05, 0.1) is 0 Å². The van der Waals surface area contributed by atoms with E-state index >= 15 is 0 Å². The molecule has 0 aromatic carbocycles. The molecular weight excluding hydrogens is 259 g/mol. The van der Waals surface area contributed by atoms with E-state index in [2.05, 4.69) is 4.98 Å². The zero-order valence-electron chi connectivity index (χ0n) is 10.7. The second kappa shape index (κ2) is 8.68. The maximum absolute atomic E-state index is 11.3. The number of hydrogen-bond donors (Lipinski definition) is 4. The molecule has 0 aliphatic carbocycles. The fourth-order valence-corrected chi connectivity index (χ4v) is 1.91. The Kier molecular flexibility index (Phi) is 8.06. The molecule has 0 amide bonds. The minimum absolute atomic E-state index is 0. The molecule has 5 N–H and O–H groups in total. The smallest absolute Gasteiger partial charge is 0.451 e. The van der Waals surface area contributed by atoms with E-state index in [1.165, 1.54) is 0 Å². The maximum atomic E-state index is 11.3. The molecule has 0 saturated heterocycles. The van der Waals surface area contributed by atoms with Gasteiger partial charge in [0.1, 0.15) is 5.54 Å². The minimum atomic E-state index is -1.35. The normalized spacial score (nSPS) is 13.2. The summed E-state index contributed by atoms with van der Waals surface area (Å²) in [5.74, 6) is -1.05. The van der Waals surface area contributed by atoms with Crippen LogP contribution in [0.2, 0.25) is 6.32 Å². The molecule has 0 aliphatic heterocycles. The standard InChI is InChI=1S/C12H19BN2O4.CH4/c14-12(11(16)17,5-1-2-6-13(18)19)8-10-4-3-7-15-9-10;/h3-4,7,9,18-19H,1-2,5-6,8,14H2,(H,16,17);1H4. The van der Waals surface area contributed by atoms with Gasteiger partial charge in [-0.1, -0.05) is 26.3 Å². The molecule has 7 heteroatoms. The van der Waals surface area contributed by atoms with E-state index in [9.17, 15) is 9.90 Å². The largest absolute Gasteiger partial charge is 0.480 e. The third kappa shape index (κ3) is 6.14. The summed E-state index contributed by atoms with van der Waals surface area (Å²) in [5.41, 5.74) is 5.37. The molecule has 0 spiro atoms. The third-order valence-electron chi connectivity index (χ3n) is 3.00. The Hall–Kier alpha value is -1.44. The zero-order valence-corrected chi connectivity index (χ0v) is 10.7. The highest BCUT2D eigenvalue weighted by atomic mass is 16.4. The monoisotopic (exact) mass is 282 g/mol. The number of nitrogens with zero attached hydrogens (tertiary/aromatic N) is 1. The lowest BCUT2D eigenvalue weighted by Gasteiger charge is -2.24. The van der Waals surface area contributed by atoms with Crippen LogP contribution in [0.5, 0.6) is 0 Å². The highest BCUT2D eigenvalue weighted by Gasteiger charge is 2.33. The molecule has 1 unspecified atom stereocenters. The van der Waals surface area contributed by atoms with Crippen molar-refractivity contribution in [2.24, 2.45) is 5.73 Å². The van der Waals surface area contributed by atoms with Gasteiger partial charge in [0.2, 0.25) is 0 Å². The Morgan fingerprint density at radius 1 is 1.40 bits per heavy atom. The number of carbonyl (C=O) groups is 1.